The number of rotatable bonds is 5. The number of hydrogen-bond donors (Lipinski definition) is 0. The minimum absolute atomic E-state index is 0.0696. The summed E-state index contributed by atoms with van der Waals surface area (Å²) < 4.78 is 5.44. The second-order valence-corrected chi connectivity index (χ2v) is 9.86. The van der Waals surface area contributed by atoms with Crippen molar-refractivity contribution in [2.45, 2.75) is 45.7 Å². The first-order valence-corrected chi connectivity index (χ1v) is 11.5. The van der Waals surface area contributed by atoms with E-state index in [9.17, 15) is 25.0 Å². The second kappa shape index (κ2) is 8.66. The van der Waals surface area contributed by atoms with E-state index in [-0.39, 0.29) is 18.1 Å². The van der Waals surface area contributed by atoms with Crippen molar-refractivity contribution in [2.24, 2.45) is 10.8 Å². The maximum absolute atomic E-state index is 14.0. The Morgan fingerprint density at radius 3 is 2.40 bits per heavy atom. The Hall–Kier alpha value is -3.99. The van der Waals surface area contributed by atoms with Crippen LogP contribution in [0.5, 0.6) is 0 Å². The monoisotopic (exact) mass is 473 g/mol. The highest BCUT2D eigenvalue weighted by Gasteiger charge is 2.67. The van der Waals surface area contributed by atoms with Gasteiger partial charge in [-0.15, -0.1) is 0 Å². The largest absolute Gasteiger partial charge is 0.465 e. The number of anilines is 1. The van der Waals surface area contributed by atoms with Crippen molar-refractivity contribution in [3.8, 4) is 6.07 Å². The fourth-order valence-electron chi connectivity index (χ4n) is 5.24. The Balaban J connectivity index is 2.04. The van der Waals surface area contributed by atoms with E-state index >= 15 is 0 Å². The number of ether oxygens (including phenoxy) is 1. The van der Waals surface area contributed by atoms with E-state index in [0.717, 1.165) is 11.3 Å². The van der Waals surface area contributed by atoms with E-state index < -0.39 is 39.7 Å². The summed E-state index contributed by atoms with van der Waals surface area (Å²) in [6, 6.07) is 13.9. The quantitative estimate of drug-likeness (QED) is 0.353. The molecule has 0 aromatic heterocycles. The highest BCUT2D eigenvalue weighted by atomic mass is 16.6. The Labute approximate surface area is 204 Å². The van der Waals surface area contributed by atoms with E-state index in [0.29, 0.717) is 5.56 Å². The lowest BCUT2D eigenvalue weighted by Gasteiger charge is -2.37. The zero-order chi connectivity index (χ0) is 25.5. The average Bonchev–Trinajstić information content (AvgIpc) is 3.14. The van der Waals surface area contributed by atoms with Gasteiger partial charge in [-0.2, -0.15) is 5.26 Å². The van der Waals surface area contributed by atoms with E-state index in [4.69, 9.17) is 4.74 Å². The third-order valence-electron chi connectivity index (χ3n) is 6.81. The third-order valence-corrected chi connectivity index (χ3v) is 6.81. The van der Waals surface area contributed by atoms with Gasteiger partial charge in [-0.1, -0.05) is 63.3 Å². The molecule has 1 fully saturated rings. The minimum Gasteiger partial charge on any atom is -0.465 e. The smallest absolute Gasteiger partial charge is 0.329 e. The molecule has 0 aliphatic carbocycles. The molecule has 2 aromatic rings. The first-order valence-electron chi connectivity index (χ1n) is 11.5. The third kappa shape index (κ3) is 3.68. The standard InChI is InChI=1S/C27H27N3O5/c1-5-35-25(32)27(16-28)21-15-12-17-8-6-7-9-20(17)29(21)23(24(31)26(2,3)4)22(27)18-10-13-19(14-11-18)30(33)34/h6-15,21-23H,5H2,1-4H3/t21-,22+,23+,27-/m1/s1. The van der Waals surface area contributed by atoms with Gasteiger partial charge in [0.1, 0.15) is 0 Å². The van der Waals surface area contributed by atoms with Crippen molar-refractivity contribution < 1.29 is 19.2 Å². The fourth-order valence-corrected chi connectivity index (χ4v) is 5.24. The predicted octanol–water partition coefficient (Wildman–Crippen LogP) is 4.65. The molecular weight excluding hydrogens is 446 g/mol. The molecule has 180 valence electrons. The lowest BCUT2D eigenvalue weighted by atomic mass is 9.67. The highest BCUT2D eigenvalue weighted by Crippen LogP contribution is 2.57. The first-order chi connectivity index (χ1) is 16.6. The molecule has 1 saturated heterocycles. The van der Waals surface area contributed by atoms with E-state index in [1.807, 2.05) is 35.2 Å². The molecule has 2 heterocycles. The number of Topliss-reactive ketones (excluding diaryl/α,β-unsaturated/α-hetero) is 1. The lowest BCUT2D eigenvalue weighted by Crippen LogP contribution is -2.48. The van der Waals surface area contributed by atoms with Gasteiger partial charge < -0.3 is 9.64 Å². The molecule has 0 unspecified atom stereocenters. The number of nitro benzene ring substituents is 1. The van der Waals surface area contributed by atoms with Crippen LogP contribution in [0.3, 0.4) is 0 Å². The van der Waals surface area contributed by atoms with Crippen molar-refractivity contribution in [1.29, 1.82) is 5.26 Å². The first kappa shape index (κ1) is 24.1. The molecule has 2 aliphatic heterocycles. The summed E-state index contributed by atoms with van der Waals surface area (Å²) in [6.07, 6.45) is 3.65. The number of esters is 1. The SMILES string of the molecule is CCOC(=O)[C@@]1(C#N)[C@@H](c2ccc([N+](=O)[O-])cc2)[C@@H](C(=O)C(C)(C)C)N2c3ccccc3C=C[C@@H]21. The van der Waals surface area contributed by atoms with Gasteiger partial charge in [0, 0.05) is 29.2 Å². The van der Waals surface area contributed by atoms with Crippen LogP contribution < -0.4 is 4.90 Å². The summed E-state index contributed by atoms with van der Waals surface area (Å²) in [7, 11) is 0. The Kier molecular flexibility index (Phi) is 5.97. The number of ketones is 1. The molecule has 4 rings (SSSR count). The van der Waals surface area contributed by atoms with Gasteiger partial charge in [0.2, 0.25) is 0 Å². The van der Waals surface area contributed by atoms with Crippen LogP contribution in [0.2, 0.25) is 0 Å². The Morgan fingerprint density at radius 1 is 1.17 bits per heavy atom. The normalized spacial score (nSPS) is 24.8. The summed E-state index contributed by atoms with van der Waals surface area (Å²) in [6.45, 7) is 7.15. The van der Waals surface area contributed by atoms with Crippen molar-refractivity contribution in [3.63, 3.8) is 0 Å². The molecule has 2 aromatic carbocycles. The number of carbonyl (C=O) groups excluding carboxylic acids is 2. The number of non-ortho nitro benzene ring substituents is 1. The summed E-state index contributed by atoms with van der Waals surface area (Å²) in [5.41, 5.74) is -0.543. The van der Waals surface area contributed by atoms with Crippen LogP contribution in [0.1, 0.15) is 44.7 Å². The average molecular weight is 474 g/mol. The van der Waals surface area contributed by atoms with Gasteiger partial charge in [-0.05, 0) is 24.1 Å². The van der Waals surface area contributed by atoms with E-state index in [1.165, 1.54) is 24.3 Å². The maximum Gasteiger partial charge on any atom is 0.329 e. The van der Waals surface area contributed by atoms with Crippen LogP contribution >= 0.6 is 0 Å². The van der Waals surface area contributed by atoms with Crippen LogP contribution in [-0.4, -0.2) is 35.4 Å². The van der Waals surface area contributed by atoms with Crippen molar-refractivity contribution >= 4 is 29.2 Å². The van der Waals surface area contributed by atoms with Crippen LogP contribution in [0.15, 0.2) is 54.6 Å². The van der Waals surface area contributed by atoms with Gasteiger partial charge in [0.15, 0.2) is 11.2 Å². The van der Waals surface area contributed by atoms with Gasteiger partial charge in [0.25, 0.3) is 5.69 Å². The molecule has 0 amide bonds. The summed E-state index contributed by atoms with van der Waals surface area (Å²) in [5.74, 6) is -1.77. The van der Waals surface area contributed by atoms with Crippen molar-refractivity contribution in [1.82, 2.24) is 0 Å². The minimum atomic E-state index is -1.75. The molecule has 2 aliphatic rings. The van der Waals surface area contributed by atoms with Gasteiger partial charge in [-0.25, -0.2) is 0 Å². The molecule has 0 saturated carbocycles. The molecule has 35 heavy (non-hydrogen) atoms. The number of hydrogen-bond acceptors (Lipinski definition) is 7. The number of nitrogens with zero attached hydrogens (tertiary/aromatic N) is 3. The lowest BCUT2D eigenvalue weighted by molar-refractivity contribution is -0.384. The van der Waals surface area contributed by atoms with Crippen LogP contribution in [-0.2, 0) is 14.3 Å². The number of nitriles is 1. The van der Waals surface area contributed by atoms with E-state index in [2.05, 4.69) is 6.07 Å². The number of nitro groups is 1. The zero-order valence-corrected chi connectivity index (χ0v) is 20.1. The fraction of sp³-hybridized carbons (Fsp3) is 0.370. The summed E-state index contributed by atoms with van der Waals surface area (Å²) in [5, 5.41) is 21.9. The topological polar surface area (TPSA) is 114 Å². The molecule has 0 bridgehead atoms. The molecule has 0 radical (unpaired) electrons. The van der Waals surface area contributed by atoms with Crippen molar-refractivity contribution in [3.05, 3.63) is 75.8 Å². The summed E-state index contributed by atoms with van der Waals surface area (Å²) in [4.78, 5) is 40.3. The Bertz CT molecular complexity index is 1250. The summed E-state index contributed by atoms with van der Waals surface area (Å²) >= 11 is 0. The van der Waals surface area contributed by atoms with Crippen LogP contribution in [0.25, 0.3) is 6.08 Å². The molecule has 8 nitrogen and oxygen atoms in total. The number of benzene rings is 2. The Morgan fingerprint density at radius 2 is 1.83 bits per heavy atom. The number of carbonyl (C=O) groups is 2. The zero-order valence-electron chi connectivity index (χ0n) is 20.1. The van der Waals surface area contributed by atoms with Crippen LogP contribution in [0, 0.1) is 32.3 Å². The number of para-hydroxylation sites is 1. The molecule has 0 spiro atoms. The van der Waals surface area contributed by atoms with Crippen LogP contribution in [0.4, 0.5) is 11.4 Å². The highest BCUT2D eigenvalue weighted by molar-refractivity contribution is 5.99. The second-order valence-electron chi connectivity index (χ2n) is 9.86. The molecular formula is C27H27N3O5. The predicted molar refractivity (Wildman–Crippen MR) is 131 cm³/mol. The maximum atomic E-state index is 14.0. The van der Waals surface area contributed by atoms with Gasteiger partial charge >= 0.3 is 5.97 Å². The van der Waals surface area contributed by atoms with Gasteiger partial charge in [0.05, 0.1) is 29.7 Å². The van der Waals surface area contributed by atoms with Crippen molar-refractivity contribution in [2.75, 3.05) is 11.5 Å². The van der Waals surface area contributed by atoms with Gasteiger partial charge in [-0.3, -0.25) is 19.7 Å². The molecule has 8 heteroatoms. The molecule has 4 atom stereocenters. The molecule has 0 N–H and O–H groups in total. The number of fused-ring (bicyclic) bond motifs is 3. The van der Waals surface area contributed by atoms with E-state index in [1.54, 1.807) is 33.8 Å².